The molecule has 0 aromatic heterocycles. The van der Waals surface area contributed by atoms with Gasteiger partial charge in [-0.3, -0.25) is 9.59 Å². The highest BCUT2D eigenvalue weighted by atomic mass is 16.4. The van der Waals surface area contributed by atoms with Crippen LogP contribution in [0.4, 0.5) is 4.79 Å². The van der Waals surface area contributed by atoms with Crippen molar-refractivity contribution in [2.75, 3.05) is 19.6 Å². The zero-order chi connectivity index (χ0) is 14.7. The van der Waals surface area contributed by atoms with Crippen LogP contribution in [0.15, 0.2) is 0 Å². The van der Waals surface area contributed by atoms with Crippen molar-refractivity contribution in [3.8, 4) is 0 Å². The normalized spacial score (nSPS) is 24.5. The van der Waals surface area contributed by atoms with Crippen molar-refractivity contribution in [2.24, 2.45) is 11.7 Å². The second-order valence-electron chi connectivity index (χ2n) is 5.49. The molecule has 1 unspecified atom stereocenters. The van der Waals surface area contributed by atoms with E-state index in [2.05, 4.69) is 0 Å². The van der Waals surface area contributed by atoms with E-state index >= 15 is 0 Å². The van der Waals surface area contributed by atoms with E-state index < -0.39 is 17.9 Å². The van der Waals surface area contributed by atoms with Gasteiger partial charge >= 0.3 is 12.0 Å². The number of hydrogen-bond donors (Lipinski definition) is 2. The highest BCUT2D eigenvalue weighted by Crippen LogP contribution is 2.22. The van der Waals surface area contributed by atoms with Crippen LogP contribution in [0.25, 0.3) is 0 Å². The Morgan fingerprint density at radius 1 is 1.00 bits per heavy atom. The first-order chi connectivity index (χ1) is 9.50. The van der Waals surface area contributed by atoms with Gasteiger partial charge in [-0.15, -0.1) is 0 Å². The molecule has 112 valence electrons. The zero-order valence-electron chi connectivity index (χ0n) is 11.5. The average Bonchev–Trinajstić information content (AvgIpc) is 2.46. The number of nitrogens with zero attached hydrogens (tertiary/aromatic N) is 2. The minimum absolute atomic E-state index is 0.183. The number of carbonyl (C=O) groups excluding carboxylic acids is 2. The fourth-order valence-electron chi connectivity index (χ4n) is 2.96. The van der Waals surface area contributed by atoms with E-state index in [9.17, 15) is 14.4 Å². The predicted molar refractivity (Wildman–Crippen MR) is 70.9 cm³/mol. The van der Waals surface area contributed by atoms with Crippen molar-refractivity contribution in [2.45, 2.75) is 38.1 Å². The molecule has 7 heteroatoms. The molecule has 2 rings (SSSR count). The highest BCUT2D eigenvalue weighted by molar-refractivity contribution is 5.86. The molecule has 0 aromatic carbocycles. The molecule has 20 heavy (non-hydrogen) atoms. The standard InChI is InChI=1S/C13H21N3O4/c14-11(17)10-3-1-2-6-16(10)13(20)15-7-4-9(5-8-15)12(18)19/h9-10H,1-8H2,(H2,14,17)(H,18,19). The SMILES string of the molecule is NC(=O)C1CCCCN1C(=O)N1CCC(C(=O)O)CC1. The Hall–Kier alpha value is -1.79. The minimum atomic E-state index is -0.801. The maximum atomic E-state index is 12.4. The number of carboxylic acid groups (broad SMARTS) is 1. The topological polar surface area (TPSA) is 104 Å². The summed E-state index contributed by atoms with van der Waals surface area (Å²) in [7, 11) is 0. The number of amides is 3. The Bertz CT molecular complexity index is 404. The lowest BCUT2D eigenvalue weighted by molar-refractivity contribution is -0.143. The molecule has 2 fully saturated rings. The van der Waals surface area contributed by atoms with Gasteiger partial charge in [-0.2, -0.15) is 0 Å². The van der Waals surface area contributed by atoms with Crippen LogP contribution in [-0.2, 0) is 9.59 Å². The Kier molecular flexibility index (Phi) is 4.46. The monoisotopic (exact) mass is 283 g/mol. The van der Waals surface area contributed by atoms with Crippen molar-refractivity contribution in [1.29, 1.82) is 0 Å². The minimum Gasteiger partial charge on any atom is -0.481 e. The summed E-state index contributed by atoms with van der Waals surface area (Å²) in [5.41, 5.74) is 5.36. The first kappa shape index (κ1) is 14.6. The Balaban J connectivity index is 1.97. The van der Waals surface area contributed by atoms with Crippen LogP contribution < -0.4 is 5.73 Å². The Morgan fingerprint density at radius 2 is 1.65 bits per heavy atom. The van der Waals surface area contributed by atoms with Crippen LogP contribution in [0.2, 0.25) is 0 Å². The van der Waals surface area contributed by atoms with E-state index in [1.165, 1.54) is 0 Å². The van der Waals surface area contributed by atoms with Crippen LogP contribution in [0.1, 0.15) is 32.1 Å². The first-order valence-electron chi connectivity index (χ1n) is 7.08. The first-order valence-corrected chi connectivity index (χ1v) is 7.08. The molecular formula is C13H21N3O4. The van der Waals surface area contributed by atoms with Crippen LogP contribution in [0.3, 0.4) is 0 Å². The van der Waals surface area contributed by atoms with Crippen LogP contribution in [0, 0.1) is 5.92 Å². The summed E-state index contributed by atoms with van der Waals surface area (Å²) in [6.07, 6.45) is 3.33. The molecule has 0 aromatic rings. The van der Waals surface area contributed by atoms with Crippen LogP contribution in [-0.4, -0.2) is 58.5 Å². The van der Waals surface area contributed by atoms with E-state index in [4.69, 9.17) is 10.8 Å². The summed E-state index contributed by atoms with van der Waals surface area (Å²) in [5, 5.41) is 8.95. The number of carbonyl (C=O) groups is 3. The molecule has 3 N–H and O–H groups in total. The third-order valence-corrected chi connectivity index (χ3v) is 4.19. The second kappa shape index (κ2) is 6.11. The van der Waals surface area contributed by atoms with E-state index in [-0.39, 0.29) is 11.9 Å². The summed E-state index contributed by atoms with van der Waals surface area (Å²) in [4.78, 5) is 38.0. The molecule has 1 atom stereocenters. The maximum Gasteiger partial charge on any atom is 0.320 e. The van der Waals surface area contributed by atoms with E-state index in [0.717, 1.165) is 12.8 Å². The lowest BCUT2D eigenvalue weighted by atomic mass is 9.97. The largest absolute Gasteiger partial charge is 0.481 e. The maximum absolute atomic E-state index is 12.4. The summed E-state index contributed by atoms with van der Waals surface area (Å²) < 4.78 is 0. The van der Waals surface area contributed by atoms with Gasteiger partial charge in [0.2, 0.25) is 5.91 Å². The molecule has 0 aliphatic carbocycles. The molecule has 2 aliphatic rings. The van der Waals surface area contributed by atoms with Crippen molar-refractivity contribution >= 4 is 17.9 Å². The second-order valence-corrected chi connectivity index (χ2v) is 5.49. The zero-order valence-corrected chi connectivity index (χ0v) is 11.5. The van der Waals surface area contributed by atoms with Gasteiger partial charge in [-0.1, -0.05) is 0 Å². The summed E-state index contributed by atoms with van der Waals surface area (Å²) in [6.45, 7) is 1.40. The van der Waals surface area contributed by atoms with Gasteiger partial charge in [0.25, 0.3) is 0 Å². The van der Waals surface area contributed by atoms with Gasteiger partial charge in [0, 0.05) is 19.6 Å². The van der Waals surface area contributed by atoms with Gasteiger partial charge in [-0.05, 0) is 32.1 Å². The number of urea groups is 1. The molecule has 0 spiro atoms. The van der Waals surface area contributed by atoms with Gasteiger partial charge in [0.1, 0.15) is 6.04 Å². The van der Waals surface area contributed by atoms with Gasteiger partial charge in [0.15, 0.2) is 0 Å². The van der Waals surface area contributed by atoms with E-state index in [1.807, 2.05) is 0 Å². The Morgan fingerprint density at radius 3 is 2.20 bits per heavy atom. The summed E-state index contributed by atoms with van der Waals surface area (Å²) in [5.74, 6) is -1.63. The highest BCUT2D eigenvalue weighted by Gasteiger charge is 2.35. The molecule has 7 nitrogen and oxygen atoms in total. The van der Waals surface area contributed by atoms with Gasteiger partial charge in [0.05, 0.1) is 5.92 Å². The number of nitrogens with two attached hydrogens (primary N) is 1. The molecule has 0 radical (unpaired) electrons. The quantitative estimate of drug-likeness (QED) is 0.757. The third kappa shape index (κ3) is 3.02. The van der Waals surface area contributed by atoms with Gasteiger partial charge < -0.3 is 20.6 Å². The molecule has 0 bridgehead atoms. The summed E-state index contributed by atoms with van der Waals surface area (Å²) >= 11 is 0. The molecule has 2 heterocycles. The average molecular weight is 283 g/mol. The number of carboxylic acids is 1. The molecule has 0 saturated carbocycles. The van der Waals surface area contributed by atoms with Crippen molar-refractivity contribution in [1.82, 2.24) is 9.80 Å². The molecule has 3 amide bonds. The van der Waals surface area contributed by atoms with Crippen LogP contribution >= 0.6 is 0 Å². The number of hydrogen-bond acceptors (Lipinski definition) is 3. The number of rotatable bonds is 2. The fraction of sp³-hybridized carbons (Fsp3) is 0.769. The molecule has 2 aliphatic heterocycles. The number of likely N-dealkylation sites (tertiary alicyclic amines) is 2. The fourth-order valence-corrected chi connectivity index (χ4v) is 2.96. The van der Waals surface area contributed by atoms with Crippen LogP contribution in [0.5, 0.6) is 0 Å². The van der Waals surface area contributed by atoms with Crippen molar-refractivity contribution < 1.29 is 19.5 Å². The predicted octanol–water partition coefficient (Wildman–Crippen LogP) is 0.243. The third-order valence-electron chi connectivity index (χ3n) is 4.19. The molecular weight excluding hydrogens is 262 g/mol. The number of piperidine rings is 2. The molecule has 2 saturated heterocycles. The lowest BCUT2D eigenvalue weighted by Crippen LogP contribution is -2.56. The summed E-state index contributed by atoms with van der Waals surface area (Å²) in [6, 6.07) is -0.703. The van der Waals surface area contributed by atoms with E-state index in [1.54, 1.807) is 9.80 Å². The van der Waals surface area contributed by atoms with Crippen molar-refractivity contribution in [3.05, 3.63) is 0 Å². The Labute approximate surface area is 117 Å². The van der Waals surface area contributed by atoms with E-state index in [0.29, 0.717) is 38.9 Å². The van der Waals surface area contributed by atoms with Crippen molar-refractivity contribution in [3.63, 3.8) is 0 Å². The lowest BCUT2D eigenvalue weighted by Gasteiger charge is -2.39. The van der Waals surface area contributed by atoms with Gasteiger partial charge in [-0.25, -0.2) is 4.79 Å². The smallest absolute Gasteiger partial charge is 0.320 e. The number of aliphatic carboxylic acids is 1. The number of primary amides is 1.